The van der Waals surface area contributed by atoms with Crippen molar-refractivity contribution in [2.75, 3.05) is 29.9 Å². The van der Waals surface area contributed by atoms with Crippen LogP contribution in [0.5, 0.6) is 0 Å². The van der Waals surface area contributed by atoms with Crippen LogP contribution in [0.1, 0.15) is 39.0 Å². The minimum absolute atomic E-state index is 0.124. The Hall–Kier alpha value is -2.80. The molecule has 1 aromatic carbocycles. The molecule has 1 aromatic heterocycles. The molecule has 8 heteroatoms. The summed E-state index contributed by atoms with van der Waals surface area (Å²) in [5, 5.41) is 9.24. The number of unbranched alkanes of at least 4 members (excludes halogenated alkanes) is 1. The molecule has 1 unspecified atom stereocenters. The van der Waals surface area contributed by atoms with Crippen molar-refractivity contribution in [3.05, 3.63) is 53.8 Å². The van der Waals surface area contributed by atoms with Gasteiger partial charge in [0.1, 0.15) is 6.04 Å². The van der Waals surface area contributed by atoms with Gasteiger partial charge in [0.2, 0.25) is 5.91 Å². The third-order valence-electron chi connectivity index (χ3n) is 5.78. The Morgan fingerprint density at radius 2 is 1.81 bits per heavy atom. The Labute approximate surface area is 194 Å². The number of carbonyl (C=O) groups is 2. The maximum atomic E-state index is 12.8. The Kier molecular flexibility index (Phi) is 9.16. The molecule has 2 aromatic rings. The van der Waals surface area contributed by atoms with Gasteiger partial charge in [-0.25, -0.2) is 4.79 Å². The average Bonchev–Trinajstić information content (AvgIpc) is 2.82. The number of halogens is 1. The molecule has 0 saturated carbocycles. The number of benzene rings is 1. The Bertz CT molecular complexity index is 854. The molecule has 0 spiro atoms. The van der Waals surface area contributed by atoms with Crippen molar-refractivity contribution in [2.45, 2.75) is 45.1 Å². The molecule has 32 heavy (non-hydrogen) atoms. The van der Waals surface area contributed by atoms with E-state index in [9.17, 15) is 9.59 Å². The Morgan fingerprint density at radius 1 is 1.12 bits per heavy atom. The number of nitrogens with one attached hydrogen (secondary N) is 3. The zero-order chi connectivity index (χ0) is 22.8. The number of nitrogens with zero attached hydrogens (tertiary/aromatic N) is 2. The summed E-state index contributed by atoms with van der Waals surface area (Å²) in [7, 11) is 0. The summed E-state index contributed by atoms with van der Waals surface area (Å²) in [5.74, 6) is 0.313. The van der Waals surface area contributed by atoms with E-state index in [0.29, 0.717) is 29.6 Å². The number of piperidine rings is 1. The molecule has 2 heterocycles. The maximum Gasteiger partial charge on any atom is 0.319 e. The Balaban J connectivity index is 1.45. The largest absolute Gasteiger partial charge is 0.371 e. The zero-order valence-corrected chi connectivity index (χ0v) is 19.3. The minimum Gasteiger partial charge on any atom is -0.371 e. The predicted molar refractivity (Wildman–Crippen MR) is 129 cm³/mol. The van der Waals surface area contributed by atoms with Gasteiger partial charge in [0.05, 0.1) is 0 Å². The van der Waals surface area contributed by atoms with Gasteiger partial charge in [-0.3, -0.25) is 9.78 Å². The van der Waals surface area contributed by atoms with Gasteiger partial charge in [-0.15, -0.1) is 0 Å². The zero-order valence-electron chi connectivity index (χ0n) is 18.5. The van der Waals surface area contributed by atoms with Gasteiger partial charge >= 0.3 is 6.03 Å². The number of rotatable bonds is 9. The van der Waals surface area contributed by atoms with E-state index in [4.69, 9.17) is 11.6 Å². The second-order valence-electron chi connectivity index (χ2n) is 8.18. The molecular formula is C24H32ClN5O2. The Morgan fingerprint density at radius 3 is 2.47 bits per heavy atom. The summed E-state index contributed by atoms with van der Waals surface area (Å²) in [6.07, 6.45) is 8.10. The molecule has 1 aliphatic heterocycles. The highest BCUT2D eigenvalue weighted by Gasteiger charge is 2.23. The fraction of sp³-hybridized carbons (Fsp3) is 0.458. The molecule has 0 bridgehead atoms. The number of pyridine rings is 1. The summed E-state index contributed by atoms with van der Waals surface area (Å²) in [6.45, 7) is 4.63. The fourth-order valence-corrected chi connectivity index (χ4v) is 3.98. The van der Waals surface area contributed by atoms with E-state index in [0.717, 1.165) is 38.8 Å². The molecule has 1 saturated heterocycles. The molecule has 172 valence electrons. The van der Waals surface area contributed by atoms with E-state index in [1.54, 1.807) is 24.3 Å². The normalized spacial score (nSPS) is 15.1. The number of hydrogen-bond acceptors (Lipinski definition) is 4. The van der Waals surface area contributed by atoms with E-state index in [2.05, 4.69) is 32.8 Å². The first kappa shape index (κ1) is 23.9. The lowest BCUT2D eigenvalue weighted by atomic mass is 9.96. The lowest BCUT2D eigenvalue weighted by molar-refractivity contribution is -0.123. The van der Waals surface area contributed by atoms with Crippen LogP contribution in [-0.2, 0) is 4.79 Å². The van der Waals surface area contributed by atoms with Crippen LogP contribution in [0.15, 0.2) is 48.8 Å². The van der Waals surface area contributed by atoms with Crippen LogP contribution in [0, 0.1) is 5.92 Å². The smallest absolute Gasteiger partial charge is 0.319 e. The first-order valence-corrected chi connectivity index (χ1v) is 11.7. The van der Waals surface area contributed by atoms with Crippen molar-refractivity contribution in [1.29, 1.82) is 0 Å². The van der Waals surface area contributed by atoms with Gasteiger partial charge in [-0.05, 0) is 61.6 Å². The molecular weight excluding hydrogens is 426 g/mol. The van der Waals surface area contributed by atoms with Crippen LogP contribution < -0.4 is 20.9 Å². The standard InChI is InChI=1S/C24H32ClN5O2/c1-2-3-4-22(29-24(32)28-20-7-5-19(25)6-8-20)23(31)27-17-18-11-15-30(16-12-18)21-9-13-26-14-10-21/h5-10,13-14,18,22H,2-4,11-12,15-17H2,1H3,(H,27,31)(H2,28,29,32). The molecule has 0 radical (unpaired) electrons. The van der Waals surface area contributed by atoms with Gasteiger partial charge in [0.25, 0.3) is 0 Å². The van der Waals surface area contributed by atoms with Crippen molar-refractivity contribution in [1.82, 2.24) is 15.6 Å². The molecule has 0 aliphatic carbocycles. The van der Waals surface area contributed by atoms with Crippen molar-refractivity contribution < 1.29 is 9.59 Å². The molecule has 3 rings (SSSR count). The lowest BCUT2D eigenvalue weighted by Gasteiger charge is -2.33. The highest BCUT2D eigenvalue weighted by Crippen LogP contribution is 2.22. The van der Waals surface area contributed by atoms with Crippen LogP contribution in [-0.4, -0.2) is 42.6 Å². The van der Waals surface area contributed by atoms with Crippen molar-refractivity contribution in [3.8, 4) is 0 Å². The molecule has 3 amide bonds. The van der Waals surface area contributed by atoms with Crippen LogP contribution in [0.3, 0.4) is 0 Å². The van der Waals surface area contributed by atoms with E-state index in [-0.39, 0.29) is 5.91 Å². The number of hydrogen-bond donors (Lipinski definition) is 3. The third-order valence-corrected chi connectivity index (χ3v) is 6.03. The van der Waals surface area contributed by atoms with Crippen LogP contribution in [0.2, 0.25) is 5.02 Å². The third kappa shape index (κ3) is 7.41. The van der Waals surface area contributed by atoms with Gasteiger partial charge in [-0.1, -0.05) is 31.4 Å². The van der Waals surface area contributed by atoms with Crippen LogP contribution >= 0.6 is 11.6 Å². The second kappa shape index (κ2) is 12.3. The predicted octanol–water partition coefficient (Wildman–Crippen LogP) is 4.45. The molecule has 1 aliphatic rings. The molecule has 3 N–H and O–H groups in total. The van der Waals surface area contributed by atoms with Crippen molar-refractivity contribution in [2.24, 2.45) is 5.92 Å². The highest BCUT2D eigenvalue weighted by atomic mass is 35.5. The number of carbonyl (C=O) groups excluding carboxylic acids is 2. The van der Waals surface area contributed by atoms with E-state index >= 15 is 0 Å². The highest BCUT2D eigenvalue weighted by molar-refractivity contribution is 6.30. The summed E-state index contributed by atoms with van der Waals surface area (Å²) < 4.78 is 0. The van der Waals surface area contributed by atoms with E-state index < -0.39 is 12.1 Å². The van der Waals surface area contributed by atoms with E-state index in [1.165, 1.54) is 5.69 Å². The topological polar surface area (TPSA) is 86.4 Å². The monoisotopic (exact) mass is 457 g/mol. The second-order valence-corrected chi connectivity index (χ2v) is 8.62. The maximum absolute atomic E-state index is 12.8. The summed E-state index contributed by atoms with van der Waals surface area (Å²) >= 11 is 5.88. The number of aromatic nitrogens is 1. The lowest BCUT2D eigenvalue weighted by Crippen LogP contribution is -2.49. The first-order valence-electron chi connectivity index (χ1n) is 11.3. The fourth-order valence-electron chi connectivity index (χ4n) is 3.85. The number of urea groups is 1. The van der Waals surface area contributed by atoms with Gasteiger partial charge in [0, 0.05) is 48.4 Å². The number of anilines is 2. The van der Waals surface area contributed by atoms with Crippen LogP contribution in [0.4, 0.5) is 16.2 Å². The van der Waals surface area contributed by atoms with Crippen molar-refractivity contribution >= 4 is 34.9 Å². The minimum atomic E-state index is -0.556. The molecule has 7 nitrogen and oxygen atoms in total. The van der Waals surface area contributed by atoms with Gasteiger partial charge in [-0.2, -0.15) is 0 Å². The summed E-state index contributed by atoms with van der Waals surface area (Å²) in [4.78, 5) is 31.7. The summed E-state index contributed by atoms with van der Waals surface area (Å²) in [6, 6.07) is 9.97. The van der Waals surface area contributed by atoms with Crippen molar-refractivity contribution in [3.63, 3.8) is 0 Å². The van der Waals surface area contributed by atoms with E-state index in [1.807, 2.05) is 24.5 Å². The van der Waals surface area contributed by atoms with Gasteiger partial charge < -0.3 is 20.9 Å². The summed E-state index contributed by atoms with van der Waals surface area (Å²) in [5.41, 5.74) is 1.82. The average molecular weight is 458 g/mol. The van der Waals surface area contributed by atoms with Crippen LogP contribution in [0.25, 0.3) is 0 Å². The number of amides is 3. The molecule has 1 atom stereocenters. The first-order chi connectivity index (χ1) is 15.5. The molecule has 1 fully saturated rings. The van der Waals surface area contributed by atoms with Gasteiger partial charge in [0.15, 0.2) is 0 Å². The SMILES string of the molecule is CCCCC(NC(=O)Nc1ccc(Cl)cc1)C(=O)NCC1CCN(c2ccncc2)CC1. The quantitative estimate of drug-likeness (QED) is 0.519.